The standard InChI is InChI=1S/2C7H5F3O.Zr/c2*8-7(9,10)5-2-1-3-6(11)4-5;/h2*1-4,11H;. The fourth-order valence-electron chi connectivity index (χ4n) is 1.36. The molecule has 2 nitrogen and oxygen atoms in total. The fourth-order valence-corrected chi connectivity index (χ4v) is 1.36. The van der Waals surface area contributed by atoms with Gasteiger partial charge in [-0.2, -0.15) is 26.3 Å². The summed E-state index contributed by atoms with van der Waals surface area (Å²) in [4.78, 5) is 0. The van der Waals surface area contributed by atoms with Gasteiger partial charge in [-0.25, -0.2) is 0 Å². The molecule has 2 rings (SSSR count). The molecule has 0 radical (unpaired) electrons. The fraction of sp³-hybridized carbons (Fsp3) is 0.143. The van der Waals surface area contributed by atoms with Gasteiger partial charge in [0.05, 0.1) is 11.1 Å². The molecule has 9 heteroatoms. The molecule has 2 N–H and O–H groups in total. The predicted octanol–water partition coefficient (Wildman–Crippen LogP) is 4.82. The maximum absolute atomic E-state index is 11.9. The van der Waals surface area contributed by atoms with Gasteiger partial charge in [-0.15, -0.1) is 0 Å². The average Bonchev–Trinajstić information content (AvgIpc) is 2.37. The Morgan fingerprint density at radius 2 is 0.913 bits per heavy atom. The first-order chi connectivity index (χ1) is 10.00. The Bertz CT molecular complexity index is 570. The summed E-state index contributed by atoms with van der Waals surface area (Å²) in [6.45, 7) is 0. The summed E-state index contributed by atoms with van der Waals surface area (Å²) in [5.74, 6) is -0.750. The third kappa shape index (κ3) is 7.54. The Morgan fingerprint density at radius 1 is 0.609 bits per heavy atom. The summed E-state index contributed by atoms with van der Waals surface area (Å²) < 4.78 is 71.1. The average molecular weight is 415 g/mol. The molecule has 0 aromatic heterocycles. The van der Waals surface area contributed by atoms with Crippen molar-refractivity contribution in [1.82, 2.24) is 0 Å². The van der Waals surface area contributed by atoms with Crippen LogP contribution in [0.3, 0.4) is 0 Å². The van der Waals surface area contributed by atoms with Crippen LogP contribution >= 0.6 is 0 Å². The van der Waals surface area contributed by atoms with Crippen LogP contribution in [0.25, 0.3) is 0 Å². The Hall–Kier alpha value is -1.50. The van der Waals surface area contributed by atoms with Crippen LogP contribution in [0.15, 0.2) is 48.5 Å². The molecular weight excluding hydrogens is 405 g/mol. The van der Waals surface area contributed by atoms with Gasteiger partial charge in [-0.3, -0.25) is 0 Å². The van der Waals surface area contributed by atoms with Gasteiger partial charge in [0.15, 0.2) is 0 Å². The molecule has 0 aliphatic heterocycles. The Labute approximate surface area is 146 Å². The van der Waals surface area contributed by atoms with Crippen molar-refractivity contribution in [1.29, 1.82) is 0 Å². The van der Waals surface area contributed by atoms with Gasteiger partial charge >= 0.3 is 12.4 Å². The van der Waals surface area contributed by atoms with Gasteiger partial charge in [0, 0.05) is 26.2 Å². The smallest absolute Gasteiger partial charge is 0.416 e. The van der Waals surface area contributed by atoms with E-state index >= 15 is 0 Å². The molecule has 0 unspecified atom stereocenters. The first-order valence-electron chi connectivity index (χ1n) is 5.72. The van der Waals surface area contributed by atoms with Gasteiger partial charge < -0.3 is 10.2 Å². The maximum atomic E-state index is 11.9. The van der Waals surface area contributed by atoms with E-state index in [0.29, 0.717) is 12.1 Å². The van der Waals surface area contributed by atoms with Crippen LogP contribution in [0.4, 0.5) is 26.3 Å². The Balaban J connectivity index is 0.000000403. The molecule has 23 heavy (non-hydrogen) atoms. The predicted molar refractivity (Wildman–Crippen MR) is 66.2 cm³/mol. The van der Waals surface area contributed by atoms with Crippen LogP contribution in [0.2, 0.25) is 0 Å². The number of benzene rings is 2. The summed E-state index contributed by atoms with van der Waals surface area (Å²) >= 11 is 0. The monoisotopic (exact) mass is 414 g/mol. The quantitative estimate of drug-likeness (QED) is 0.606. The second-order valence-corrected chi connectivity index (χ2v) is 4.10. The SMILES string of the molecule is Oc1cccc(C(F)(F)F)c1.Oc1cccc(C(F)(F)F)c1.[Zr]. The minimum Gasteiger partial charge on any atom is -0.508 e. The van der Waals surface area contributed by atoms with E-state index in [9.17, 15) is 26.3 Å². The van der Waals surface area contributed by atoms with Crippen LogP contribution in [0.5, 0.6) is 11.5 Å². The van der Waals surface area contributed by atoms with E-state index in [4.69, 9.17) is 10.2 Å². The summed E-state index contributed by atoms with van der Waals surface area (Å²) in [7, 11) is 0. The third-order valence-electron chi connectivity index (χ3n) is 2.35. The molecule has 2 aromatic rings. The first-order valence-corrected chi connectivity index (χ1v) is 5.72. The largest absolute Gasteiger partial charge is 0.508 e. The molecule has 0 saturated carbocycles. The normalized spacial score (nSPS) is 11.0. The van der Waals surface area contributed by atoms with Crippen molar-refractivity contribution in [3.8, 4) is 11.5 Å². The van der Waals surface area contributed by atoms with E-state index in [1.54, 1.807) is 0 Å². The van der Waals surface area contributed by atoms with Crippen LogP contribution < -0.4 is 0 Å². The molecule has 0 fully saturated rings. The van der Waals surface area contributed by atoms with Crippen molar-refractivity contribution >= 4 is 0 Å². The van der Waals surface area contributed by atoms with Crippen LogP contribution in [-0.4, -0.2) is 10.2 Å². The maximum Gasteiger partial charge on any atom is 0.416 e. The van der Waals surface area contributed by atoms with E-state index in [-0.39, 0.29) is 37.7 Å². The molecule has 0 spiro atoms. The van der Waals surface area contributed by atoms with Crippen molar-refractivity contribution in [3.05, 3.63) is 59.7 Å². The number of halogens is 6. The second kappa shape index (κ2) is 8.38. The molecule has 2 aromatic carbocycles. The van der Waals surface area contributed by atoms with Crippen molar-refractivity contribution in [2.75, 3.05) is 0 Å². The second-order valence-electron chi connectivity index (χ2n) is 4.10. The van der Waals surface area contributed by atoms with E-state index in [1.165, 1.54) is 12.1 Å². The van der Waals surface area contributed by atoms with E-state index < -0.39 is 23.5 Å². The zero-order valence-corrected chi connectivity index (χ0v) is 13.7. The number of hydrogen-bond acceptors (Lipinski definition) is 2. The number of rotatable bonds is 0. The van der Waals surface area contributed by atoms with Crippen molar-refractivity contribution in [2.24, 2.45) is 0 Å². The zero-order chi connectivity index (χ0) is 17.0. The number of hydrogen-bond donors (Lipinski definition) is 2. The van der Waals surface area contributed by atoms with E-state index in [2.05, 4.69) is 0 Å². The van der Waals surface area contributed by atoms with Crippen molar-refractivity contribution in [3.63, 3.8) is 0 Å². The molecule has 0 saturated heterocycles. The summed E-state index contributed by atoms with van der Waals surface area (Å²) in [6, 6.07) is 7.85. The van der Waals surface area contributed by atoms with E-state index in [0.717, 1.165) is 24.3 Å². The Kier molecular flexibility index (Phi) is 7.84. The minimum absolute atomic E-state index is 0. The van der Waals surface area contributed by atoms with Gasteiger partial charge in [-0.1, -0.05) is 12.1 Å². The third-order valence-corrected chi connectivity index (χ3v) is 2.35. The molecule has 0 aliphatic rings. The topological polar surface area (TPSA) is 40.5 Å². The first kappa shape index (κ1) is 21.5. The molecular formula is C14H10F6O2Zr. The van der Waals surface area contributed by atoms with Crippen LogP contribution in [-0.2, 0) is 38.6 Å². The molecule has 0 amide bonds. The van der Waals surface area contributed by atoms with Crippen molar-refractivity contribution in [2.45, 2.75) is 12.4 Å². The number of alkyl halides is 6. The van der Waals surface area contributed by atoms with Gasteiger partial charge in [-0.05, 0) is 36.4 Å². The van der Waals surface area contributed by atoms with Gasteiger partial charge in [0.2, 0.25) is 0 Å². The van der Waals surface area contributed by atoms with E-state index in [1.807, 2.05) is 0 Å². The number of phenolic OH excluding ortho intramolecular Hbond substituents is 2. The number of phenols is 2. The van der Waals surface area contributed by atoms with Crippen LogP contribution in [0.1, 0.15) is 11.1 Å². The van der Waals surface area contributed by atoms with Gasteiger partial charge in [0.1, 0.15) is 11.5 Å². The molecule has 124 valence electrons. The zero-order valence-electron chi connectivity index (χ0n) is 11.3. The van der Waals surface area contributed by atoms with Gasteiger partial charge in [0.25, 0.3) is 0 Å². The molecule has 0 bridgehead atoms. The molecule has 0 atom stereocenters. The Morgan fingerprint density at radius 3 is 1.09 bits per heavy atom. The summed E-state index contributed by atoms with van der Waals surface area (Å²) in [5.41, 5.74) is -1.67. The number of aromatic hydroxyl groups is 2. The summed E-state index contributed by atoms with van der Waals surface area (Å²) in [5, 5.41) is 17.4. The molecule has 0 aliphatic carbocycles. The van der Waals surface area contributed by atoms with Crippen molar-refractivity contribution < 1.29 is 62.8 Å². The summed E-state index contributed by atoms with van der Waals surface area (Å²) in [6.07, 6.45) is -8.75. The molecule has 0 heterocycles. The van der Waals surface area contributed by atoms with Crippen LogP contribution in [0, 0.1) is 0 Å². The minimum atomic E-state index is -4.38.